The highest BCUT2D eigenvalue weighted by Gasteiger charge is 2.06. The van der Waals surface area contributed by atoms with E-state index < -0.39 is 0 Å². The van der Waals surface area contributed by atoms with Crippen LogP contribution in [-0.2, 0) is 0 Å². The van der Waals surface area contributed by atoms with Gasteiger partial charge in [-0.05, 0) is 47.4 Å². The largest absolute Gasteiger partial charge is 0.398 e. The number of nitrogens with two attached hydrogens (primary N) is 1. The quantitative estimate of drug-likeness (QED) is 0.639. The summed E-state index contributed by atoms with van der Waals surface area (Å²) in [5.41, 5.74) is 11.4. The zero-order valence-corrected chi connectivity index (χ0v) is 12.5. The second kappa shape index (κ2) is 7.25. The molecule has 2 heteroatoms. The first-order valence-corrected chi connectivity index (χ1v) is 6.96. The third-order valence-corrected chi connectivity index (χ3v) is 3.20. The highest BCUT2D eigenvalue weighted by Crippen LogP contribution is 2.30. The Balaban J connectivity index is 2.60. The third-order valence-electron chi connectivity index (χ3n) is 3.20. The minimum absolute atomic E-state index is 0.779. The Kier molecular flexibility index (Phi) is 5.10. The lowest BCUT2D eigenvalue weighted by Crippen LogP contribution is -1.93. The normalized spacial score (nSPS) is 11.9. The molecule has 2 nitrogen and oxygen atoms in total. The van der Waals surface area contributed by atoms with Crippen molar-refractivity contribution >= 4 is 24.1 Å². The third kappa shape index (κ3) is 3.69. The summed E-state index contributed by atoms with van der Waals surface area (Å²) >= 11 is 0. The Morgan fingerprint density at radius 1 is 1.00 bits per heavy atom. The molecular weight excluding hydrogens is 256 g/mol. The minimum atomic E-state index is 0.779. The van der Waals surface area contributed by atoms with E-state index in [2.05, 4.69) is 23.2 Å². The van der Waals surface area contributed by atoms with Crippen LogP contribution in [0.4, 0.5) is 5.69 Å². The van der Waals surface area contributed by atoms with Crippen LogP contribution < -0.4 is 5.73 Å². The van der Waals surface area contributed by atoms with E-state index in [1.807, 2.05) is 55.5 Å². The van der Waals surface area contributed by atoms with Crippen LogP contribution in [0.25, 0.3) is 23.3 Å². The van der Waals surface area contributed by atoms with E-state index in [4.69, 9.17) is 5.73 Å². The zero-order valence-electron chi connectivity index (χ0n) is 12.5. The van der Waals surface area contributed by atoms with E-state index in [0.717, 1.165) is 16.8 Å². The molecule has 2 rings (SSSR count). The average molecular weight is 276 g/mol. The Morgan fingerprint density at radius 2 is 1.76 bits per heavy atom. The molecule has 0 amide bonds. The van der Waals surface area contributed by atoms with E-state index in [1.165, 1.54) is 11.1 Å². The number of hydrogen-bond acceptors (Lipinski definition) is 2. The van der Waals surface area contributed by atoms with E-state index in [9.17, 15) is 0 Å². The van der Waals surface area contributed by atoms with Crippen molar-refractivity contribution in [2.24, 2.45) is 4.99 Å². The minimum Gasteiger partial charge on any atom is -0.398 e. The van der Waals surface area contributed by atoms with Crippen molar-refractivity contribution in [1.29, 1.82) is 0 Å². The number of hydrogen-bond donors (Lipinski definition) is 1. The zero-order chi connectivity index (χ0) is 15.1. The molecule has 0 atom stereocenters. The van der Waals surface area contributed by atoms with Gasteiger partial charge in [-0.3, -0.25) is 4.99 Å². The number of anilines is 1. The van der Waals surface area contributed by atoms with Gasteiger partial charge in [0.25, 0.3) is 0 Å². The molecule has 0 aromatic heterocycles. The lowest BCUT2D eigenvalue weighted by molar-refractivity contribution is 1.48. The SMILES string of the molecule is C/C=C\c1cc(-c2ccccc2)c(/C=C\C=NC)cc1N. The van der Waals surface area contributed by atoms with Crippen LogP contribution >= 0.6 is 0 Å². The predicted molar refractivity (Wildman–Crippen MR) is 94.4 cm³/mol. The molecule has 0 aliphatic carbocycles. The standard InChI is InChI=1S/C19H20N2/c1-3-8-17-13-18(15-9-5-4-6-10-15)16(14-19(17)20)11-7-12-21-2/h3-14H,20H2,1-2H3/b8-3-,11-7-,21-12?. The van der Waals surface area contributed by atoms with Gasteiger partial charge in [0, 0.05) is 18.9 Å². The summed E-state index contributed by atoms with van der Waals surface area (Å²) in [5, 5.41) is 0. The second-order valence-corrected chi connectivity index (χ2v) is 4.70. The predicted octanol–water partition coefficient (Wildman–Crippen LogP) is 4.68. The summed E-state index contributed by atoms with van der Waals surface area (Å²) in [6, 6.07) is 14.5. The summed E-state index contributed by atoms with van der Waals surface area (Å²) in [5.74, 6) is 0. The molecule has 0 bridgehead atoms. The van der Waals surface area contributed by atoms with Crippen molar-refractivity contribution in [2.75, 3.05) is 12.8 Å². The van der Waals surface area contributed by atoms with Gasteiger partial charge in [-0.2, -0.15) is 0 Å². The molecule has 0 radical (unpaired) electrons. The lowest BCUT2D eigenvalue weighted by Gasteiger charge is -2.11. The fourth-order valence-electron chi connectivity index (χ4n) is 2.21. The Morgan fingerprint density at radius 3 is 2.43 bits per heavy atom. The smallest absolute Gasteiger partial charge is 0.0393 e. The highest BCUT2D eigenvalue weighted by molar-refractivity contribution is 5.86. The molecule has 106 valence electrons. The molecule has 0 heterocycles. The molecule has 2 N–H and O–H groups in total. The fourth-order valence-corrected chi connectivity index (χ4v) is 2.21. The molecule has 21 heavy (non-hydrogen) atoms. The van der Waals surface area contributed by atoms with Gasteiger partial charge >= 0.3 is 0 Å². The molecule has 0 spiro atoms. The second-order valence-electron chi connectivity index (χ2n) is 4.70. The Hall–Kier alpha value is -2.61. The van der Waals surface area contributed by atoms with Gasteiger partial charge in [0.15, 0.2) is 0 Å². The summed E-state index contributed by atoms with van der Waals surface area (Å²) in [6.07, 6.45) is 9.76. The van der Waals surface area contributed by atoms with Crippen molar-refractivity contribution in [1.82, 2.24) is 0 Å². The first kappa shape index (κ1) is 14.8. The number of nitrogens with zero attached hydrogens (tertiary/aromatic N) is 1. The van der Waals surface area contributed by atoms with E-state index in [0.29, 0.717) is 0 Å². The van der Waals surface area contributed by atoms with Crippen molar-refractivity contribution < 1.29 is 0 Å². The number of nitrogen functional groups attached to an aromatic ring is 1. The molecular formula is C19H20N2. The maximum Gasteiger partial charge on any atom is 0.0393 e. The van der Waals surface area contributed by atoms with Crippen molar-refractivity contribution in [3.05, 3.63) is 65.7 Å². The maximum atomic E-state index is 6.14. The Labute approximate surface area is 126 Å². The first-order chi connectivity index (χ1) is 10.3. The van der Waals surface area contributed by atoms with Gasteiger partial charge in [0.1, 0.15) is 0 Å². The van der Waals surface area contributed by atoms with Crippen LogP contribution in [-0.4, -0.2) is 13.3 Å². The molecule has 0 aliphatic heterocycles. The molecule has 0 saturated carbocycles. The monoisotopic (exact) mass is 276 g/mol. The summed E-state index contributed by atoms with van der Waals surface area (Å²) in [7, 11) is 1.76. The highest BCUT2D eigenvalue weighted by atomic mass is 14.6. The number of rotatable bonds is 4. The molecule has 0 aliphatic rings. The van der Waals surface area contributed by atoms with Crippen LogP contribution in [0.3, 0.4) is 0 Å². The van der Waals surface area contributed by atoms with Crippen LogP contribution in [0, 0.1) is 0 Å². The summed E-state index contributed by atoms with van der Waals surface area (Å²) in [6.45, 7) is 1.99. The first-order valence-electron chi connectivity index (χ1n) is 6.96. The van der Waals surface area contributed by atoms with E-state index in [-0.39, 0.29) is 0 Å². The van der Waals surface area contributed by atoms with E-state index in [1.54, 1.807) is 13.3 Å². The van der Waals surface area contributed by atoms with Crippen molar-refractivity contribution in [3.8, 4) is 11.1 Å². The Bertz CT molecular complexity index is 680. The van der Waals surface area contributed by atoms with Crippen LogP contribution in [0.2, 0.25) is 0 Å². The van der Waals surface area contributed by atoms with Gasteiger partial charge < -0.3 is 5.73 Å². The molecule has 0 unspecified atom stereocenters. The maximum absolute atomic E-state index is 6.14. The van der Waals surface area contributed by atoms with E-state index >= 15 is 0 Å². The van der Waals surface area contributed by atoms with Gasteiger partial charge in [0.2, 0.25) is 0 Å². The average Bonchev–Trinajstić information content (AvgIpc) is 2.51. The van der Waals surface area contributed by atoms with Gasteiger partial charge in [-0.25, -0.2) is 0 Å². The topological polar surface area (TPSA) is 38.4 Å². The van der Waals surface area contributed by atoms with Gasteiger partial charge in [-0.15, -0.1) is 0 Å². The molecule has 2 aromatic carbocycles. The van der Waals surface area contributed by atoms with Crippen LogP contribution in [0.1, 0.15) is 18.1 Å². The lowest BCUT2D eigenvalue weighted by atomic mass is 9.95. The van der Waals surface area contributed by atoms with Gasteiger partial charge in [-0.1, -0.05) is 48.6 Å². The summed E-state index contributed by atoms with van der Waals surface area (Å²) in [4.78, 5) is 3.97. The van der Waals surface area contributed by atoms with Gasteiger partial charge in [0.05, 0.1) is 0 Å². The number of allylic oxidation sites excluding steroid dienone is 2. The summed E-state index contributed by atoms with van der Waals surface area (Å²) < 4.78 is 0. The number of aliphatic imine (C=N–C) groups is 1. The van der Waals surface area contributed by atoms with Crippen molar-refractivity contribution in [2.45, 2.75) is 6.92 Å². The molecule has 0 saturated heterocycles. The number of benzene rings is 2. The van der Waals surface area contributed by atoms with Crippen LogP contribution in [0.15, 0.2) is 59.6 Å². The molecule has 0 fully saturated rings. The van der Waals surface area contributed by atoms with Crippen molar-refractivity contribution in [3.63, 3.8) is 0 Å². The van der Waals surface area contributed by atoms with Crippen LogP contribution in [0.5, 0.6) is 0 Å². The molecule has 2 aromatic rings. The fraction of sp³-hybridized carbons (Fsp3) is 0.105.